The predicted molar refractivity (Wildman–Crippen MR) is 112 cm³/mol. The van der Waals surface area contributed by atoms with Crippen molar-refractivity contribution in [2.45, 2.75) is 45.3 Å². The Kier molecular flexibility index (Phi) is 12.1. The zero-order valence-electron chi connectivity index (χ0n) is 19.0. The fourth-order valence-corrected chi connectivity index (χ4v) is 2.28. The first-order valence-corrected chi connectivity index (χ1v) is 10.1. The van der Waals surface area contributed by atoms with Gasteiger partial charge >= 0.3 is 24.4 Å². The maximum absolute atomic E-state index is 12.2. The van der Waals surface area contributed by atoms with Gasteiger partial charge in [-0.1, -0.05) is 19.4 Å². The van der Waals surface area contributed by atoms with Crippen molar-refractivity contribution in [1.29, 1.82) is 0 Å². The molecule has 12 heteroatoms. The number of methoxy groups -OCH3 is 2. The molecule has 0 bridgehead atoms. The lowest BCUT2D eigenvalue weighted by molar-refractivity contribution is -0.148. The number of hydrogen-bond acceptors (Lipinski definition) is 12. The summed E-state index contributed by atoms with van der Waals surface area (Å²) in [7, 11) is 2.22. The van der Waals surface area contributed by atoms with Crippen LogP contribution in [0.25, 0.3) is 0 Å². The molecule has 1 aromatic rings. The van der Waals surface area contributed by atoms with E-state index in [1.165, 1.54) is 25.1 Å². The third kappa shape index (κ3) is 10.5. The average Bonchev–Trinajstić information content (AvgIpc) is 2.78. The minimum atomic E-state index is -1.08. The Morgan fingerprint density at radius 3 is 2.18 bits per heavy atom. The number of carbonyl (C=O) groups excluding carboxylic acids is 4. The molecule has 0 spiro atoms. The summed E-state index contributed by atoms with van der Waals surface area (Å²) in [5.74, 6) is -0.993. The Labute approximate surface area is 191 Å². The molecule has 12 nitrogen and oxygen atoms in total. The summed E-state index contributed by atoms with van der Waals surface area (Å²) in [5, 5.41) is 0. The van der Waals surface area contributed by atoms with Gasteiger partial charge in [-0.3, -0.25) is 4.79 Å². The average molecular weight is 471 g/mol. The van der Waals surface area contributed by atoms with Crippen molar-refractivity contribution in [3.05, 3.63) is 23.8 Å². The van der Waals surface area contributed by atoms with Crippen LogP contribution in [0.5, 0.6) is 11.5 Å². The summed E-state index contributed by atoms with van der Waals surface area (Å²) in [6.07, 6.45) is -2.06. The molecule has 0 unspecified atom stereocenters. The highest BCUT2D eigenvalue weighted by Crippen LogP contribution is 2.29. The second-order valence-electron chi connectivity index (χ2n) is 6.71. The van der Waals surface area contributed by atoms with E-state index in [1.54, 1.807) is 0 Å². The molecule has 33 heavy (non-hydrogen) atoms. The highest BCUT2D eigenvalue weighted by Gasteiger charge is 2.21. The van der Waals surface area contributed by atoms with Gasteiger partial charge in [0.2, 0.25) is 0 Å². The number of unbranched alkanes of at least 4 members (excludes halogenated alkanes) is 1. The van der Waals surface area contributed by atoms with Crippen molar-refractivity contribution >= 4 is 24.4 Å². The molecule has 184 valence electrons. The molecule has 2 atom stereocenters. The fraction of sp³-hybridized carbons (Fsp3) is 0.524. The molecule has 0 amide bonds. The molecule has 0 aliphatic heterocycles. The van der Waals surface area contributed by atoms with Crippen molar-refractivity contribution in [2.75, 3.05) is 27.4 Å². The minimum absolute atomic E-state index is 0.00314. The molecular formula is C21H29NO11. The van der Waals surface area contributed by atoms with E-state index >= 15 is 0 Å². The van der Waals surface area contributed by atoms with E-state index in [9.17, 15) is 19.2 Å². The Bertz CT molecular complexity index is 811. The van der Waals surface area contributed by atoms with Gasteiger partial charge in [-0.25, -0.2) is 14.4 Å². The summed E-state index contributed by atoms with van der Waals surface area (Å²) in [5.41, 5.74) is 6.36. The number of esters is 1. The molecule has 0 radical (unpaired) electrons. The van der Waals surface area contributed by atoms with Crippen molar-refractivity contribution in [1.82, 2.24) is 0 Å². The molecule has 0 aromatic heterocycles. The van der Waals surface area contributed by atoms with E-state index in [2.05, 4.69) is 9.47 Å². The summed E-state index contributed by atoms with van der Waals surface area (Å²) in [6.45, 7) is 3.53. The number of carbonyl (C=O) groups is 4. The first-order valence-electron chi connectivity index (χ1n) is 10.1. The van der Waals surface area contributed by atoms with Gasteiger partial charge < -0.3 is 38.9 Å². The maximum atomic E-state index is 12.2. The van der Waals surface area contributed by atoms with Gasteiger partial charge in [0.1, 0.15) is 18.8 Å². The zero-order chi connectivity index (χ0) is 24.8. The Morgan fingerprint density at radius 2 is 1.58 bits per heavy atom. The molecule has 0 fully saturated rings. The van der Waals surface area contributed by atoms with Gasteiger partial charge in [-0.2, -0.15) is 0 Å². The van der Waals surface area contributed by atoms with Gasteiger partial charge in [-0.15, -0.1) is 0 Å². The van der Waals surface area contributed by atoms with E-state index in [1.807, 2.05) is 6.92 Å². The van der Waals surface area contributed by atoms with Crippen molar-refractivity contribution in [3.8, 4) is 11.5 Å². The molecule has 0 heterocycles. The molecule has 2 N–H and O–H groups in total. The van der Waals surface area contributed by atoms with Gasteiger partial charge in [0.05, 0.1) is 20.8 Å². The van der Waals surface area contributed by atoms with E-state index in [0.29, 0.717) is 5.56 Å². The van der Waals surface area contributed by atoms with Crippen LogP contribution in [-0.4, -0.2) is 64.0 Å². The Balaban J connectivity index is 2.67. The van der Waals surface area contributed by atoms with Gasteiger partial charge in [0.15, 0.2) is 11.5 Å². The number of rotatable bonds is 11. The van der Waals surface area contributed by atoms with Crippen LogP contribution in [0.2, 0.25) is 0 Å². The second kappa shape index (κ2) is 14.5. The monoisotopic (exact) mass is 471 g/mol. The molecule has 1 aromatic carbocycles. The van der Waals surface area contributed by atoms with Crippen LogP contribution < -0.4 is 15.2 Å². The van der Waals surface area contributed by atoms with Crippen molar-refractivity contribution < 1.29 is 52.3 Å². The Morgan fingerprint density at radius 1 is 0.939 bits per heavy atom. The van der Waals surface area contributed by atoms with Gasteiger partial charge in [0, 0.05) is 0 Å². The smallest absolute Gasteiger partial charge is 0.461 e. The second-order valence-corrected chi connectivity index (χ2v) is 6.71. The van der Waals surface area contributed by atoms with E-state index in [0.717, 1.165) is 27.1 Å². The third-order valence-electron chi connectivity index (χ3n) is 3.96. The number of benzene rings is 1. The molecular weight excluding hydrogens is 442 g/mol. The first-order chi connectivity index (χ1) is 15.7. The summed E-state index contributed by atoms with van der Waals surface area (Å²) in [4.78, 5) is 46.5. The van der Waals surface area contributed by atoms with Crippen LogP contribution in [0.15, 0.2) is 18.2 Å². The molecule has 0 aliphatic rings. The number of ether oxygens (including phenoxy) is 7. The number of hydrogen-bond donors (Lipinski definition) is 1. The SMILES string of the molecule is CCCCOC(=O)O[C@@H](C)COC(=O)[C@@H](N)Cc1ccc(OC(=O)OC)c(OC(=O)OC)c1. The highest BCUT2D eigenvalue weighted by atomic mass is 16.7. The lowest BCUT2D eigenvalue weighted by atomic mass is 10.1. The minimum Gasteiger partial charge on any atom is -0.461 e. The standard InChI is InChI=1S/C21H29NO11/c1-5-6-9-29-21(26)31-13(2)12-30-18(23)15(22)10-14-7-8-16(32-19(24)27-3)17(11-14)33-20(25)28-4/h7-8,11,13,15H,5-6,9-10,12,22H2,1-4H3/t13-,15-/m0/s1. The summed E-state index contributed by atoms with van der Waals surface area (Å²) in [6, 6.07) is 3.11. The van der Waals surface area contributed by atoms with Crippen LogP contribution in [-0.2, 0) is 34.9 Å². The largest absolute Gasteiger partial charge is 0.513 e. The van der Waals surface area contributed by atoms with E-state index in [-0.39, 0.29) is 31.1 Å². The lowest BCUT2D eigenvalue weighted by Gasteiger charge is -2.16. The molecule has 0 aliphatic carbocycles. The van der Waals surface area contributed by atoms with Crippen LogP contribution in [0, 0.1) is 0 Å². The fourth-order valence-electron chi connectivity index (χ4n) is 2.28. The summed E-state index contributed by atoms with van der Waals surface area (Å²) >= 11 is 0. The Hall–Kier alpha value is -3.54. The normalized spacial score (nSPS) is 12.0. The van der Waals surface area contributed by atoms with Crippen molar-refractivity contribution in [3.63, 3.8) is 0 Å². The zero-order valence-corrected chi connectivity index (χ0v) is 19.0. The molecule has 0 saturated heterocycles. The van der Waals surface area contributed by atoms with Gasteiger partial charge in [0.25, 0.3) is 0 Å². The highest BCUT2D eigenvalue weighted by molar-refractivity contribution is 5.76. The molecule has 1 rings (SSSR count). The maximum Gasteiger partial charge on any atom is 0.513 e. The van der Waals surface area contributed by atoms with Crippen LogP contribution in [0.3, 0.4) is 0 Å². The van der Waals surface area contributed by atoms with Crippen LogP contribution in [0.1, 0.15) is 32.3 Å². The predicted octanol–water partition coefficient (Wildman–Crippen LogP) is 2.73. The van der Waals surface area contributed by atoms with Crippen LogP contribution >= 0.6 is 0 Å². The van der Waals surface area contributed by atoms with E-state index < -0.39 is 36.6 Å². The first kappa shape index (κ1) is 27.5. The number of nitrogens with two attached hydrogens (primary N) is 1. The van der Waals surface area contributed by atoms with E-state index in [4.69, 9.17) is 29.4 Å². The lowest BCUT2D eigenvalue weighted by Crippen LogP contribution is -2.36. The third-order valence-corrected chi connectivity index (χ3v) is 3.96. The van der Waals surface area contributed by atoms with Crippen LogP contribution in [0.4, 0.5) is 14.4 Å². The molecule has 0 saturated carbocycles. The summed E-state index contributed by atoms with van der Waals surface area (Å²) < 4.78 is 33.6. The topological polar surface area (TPSA) is 159 Å². The van der Waals surface area contributed by atoms with Crippen molar-refractivity contribution in [2.24, 2.45) is 5.73 Å². The quantitative estimate of drug-likeness (QED) is 0.218. The van der Waals surface area contributed by atoms with Gasteiger partial charge in [-0.05, 0) is 37.5 Å².